The standard InChI is InChI=1S/C14H21Cl/c1-10(2)14(15)9-8-13-7-5-6-11(3)12(13)4/h5-7,10,14H,8-9H2,1-4H3. The average Bonchev–Trinajstić information content (AvgIpc) is 2.19. The first-order chi connectivity index (χ1) is 7.02. The first kappa shape index (κ1) is 12.6. The van der Waals surface area contributed by atoms with Crippen molar-refractivity contribution in [3.05, 3.63) is 34.9 Å². The first-order valence-electron chi connectivity index (χ1n) is 5.71. The van der Waals surface area contributed by atoms with Gasteiger partial charge in [0.2, 0.25) is 0 Å². The van der Waals surface area contributed by atoms with E-state index in [0.29, 0.717) is 11.3 Å². The molecular formula is C14H21Cl. The molecule has 0 amide bonds. The van der Waals surface area contributed by atoms with Crippen LogP contribution in [0.3, 0.4) is 0 Å². The fourth-order valence-electron chi connectivity index (χ4n) is 1.71. The summed E-state index contributed by atoms with van der Waals surface area (Å²) in [5.41, 5.74) is 4.24. The van der Waals surface area contributed by atoms with Crippen molar-refractivity contribution in [1.82, 2.24) is 0 Å². The topological polar surface area (TPSA) is 0 Å². The molecule has 0 N–H and O–H groups in total. The van der Waals surface area contributed by atoms with Gasteiger partial charge in [-0.25, -0.2) is 0 Å². The summed E-state index contributed by atoms with van der Waals surface area (Å²) in [4.78, 5) is 0. The molecule has 1 heteroatoms. The maximum absolute atomic E-state index is 6.26. The molecule has 0 heterocycles. The van der Waals surface area contributed by atoms with Crippen molar-refractivity contribution in [2.24, 2.45) is 5.92 Å². The van der Waals surface area contributed by atoms with Gasteiger partial charge in [-0.2, -0.15) is 0 Å². The van der Waals surface area contributed by atoms with Crippen LogP contribution in [0.5, 0.6) is 0 Å². The molecule has 0 saturated heterocycles. The van der Waals surface area contributed by atoms with Crippen LogP contribution < -0.4 is 0 Å². The Morgan fingerprint density at radius 1 is 1.20 bits per heavy atom. The second-order valence-electron chi connectivity index (χ2n) is 4.66. The largest absolute Gasteiger partial charge is 0.123 e. The van der Waals surface area contributed by atoms with E-state index in [1.165, 1.54) is 16.7 Å². The van der Waals surface area contributed by atoms with Gasteiger partial charge in [-0.3, -0.25) is 0 Å². The van der Waals surface area contributed by atoms with Crippen LogP contribution in [0.4, 0.5) is 0 Å². The van der Waals surface area contributed by atoms with Gasteiger partial charge in [0.05, 0.1) is 0 Å². The van der Waals surface area contributed by atoms with Crippen LogP contribution in [0.15, 0.2) is 18.2 Å². The SMILES string of the molecule is Cc1cccc(CCC(Cl)C(C)C)c1C. The Hall–Kier alpha value is -0.490. The number of rotatable bonds is 4. The Kier molecular flexibility index (Phi) is 4.66. The summed E-state index contributed by atoms with van der Waals surface area (Å²) in [7, 11) is 0. The van der Waals surface area contributed by atoms with Gasteiger partial charge in [-0.15, -0.1) is 11.6 Å². The van der Waals surface area contributed by atoms with Crippen molar-refractivity contribution in [1.29, 1.82) is 0 Å². The highest BCUT2D eigenvalue weighted by molar-refractivity contribution is 6.20. The molecule has 1 unspecified atom stereocenters. The Labute approximate surface area is 98.7 Å². The van der Waals surface area contributed by atoms with Gasteiger partial charge >= 0.3 is 0 Å². The van der Waals surface area contributed by atoms with E-state index in [0.717, 1.165) is 12.8 Å². The third-order valence-corrected chi connectivity index (χ3v) is 3.85. The summed E-state index contributed by atoms with van der Waals surface area (Å²) in [6, 6.07) is 6.52. The summed E-state index contributed by atoms with van der Waals surface area (Å²) in [5.74, 6) is 0.566. The minimum absolute atomic E-state index is 0.296. The van der Waals surface area contributed by atoms with E-state index in [-0.39, 0.29) is 0 Å². The molecule has 0 aliphatic carbocycles. The van der Waals surface area contributed by atoms with Crippen LogP contribution in [0, 0.1) is 19.8 Å². The number of benzene rings is 1. The van der Waals surface area contributed by atoms with Gasteiger partial charge in [0.25, 0.3) is 0 Å². The molecule has 15 heavy (non-hydrogen) atoms. The predicted molar refractivity (Wildman–Crippen MR) is 68.7 cm³/mol. The number of hydrogen-bond acceptors (Lipinski definition) is 0. The van der Waals surface area contributed by atoms with E-state index < -0.39 is 0 Å². The normalized spacial score (nSPS) is 13.2. The molecule has 1 aromatic carbocycles. The average molecular weight is 225 g/mol. The van der Waals surface area contributed by atoms with E-state index in [2.05, 4.69) is 45.9 Å². The third kappa shape index (κ3) is 3.53. The van der Waals surface area contributed by atoms with Crippen LogP contribution in [-0.4, -0.2) is 5.38 Å². The maximum Gasteiger partial charge on any atom is 0.0362 e. The molecule has 0 radical (unpaired) electrons. The highest BCUT2D eigenvalue weighted by Crippen LogP contribution is 2.19. The second kappa shape index (κ2) is 5.55. The minimum Gasteiger partial charge on any atom is -0.123 e. The maximum atomic E-state index is 6.26. The van der Waals surface area contributed by atoms with Gasteiger partial charge in [-0.05, 0) is 49.3 Å². The monoisotopic (exact) mass is 224 g/mol. The molecule has 0 aliphatic heterocycles. The van der Waals surface area contributed by atoms with Gasteiger partial charge in [0.15, 0.2) is 0 Å². The lowest BCUT2D eigenvalue weighted by atomic mass is 9.97. The predicted octanol–water partition coefficient (Wildman–Crippen LogP) is 4.50. The summed E-state index contributed by atoms with van der Waals surface area (Å²) < 4.78 is 0. The van der Waals surface area contributed by atoms with Crippen LogP contribution >= 0.6 is 11.6 Å². The molecule has 0 spiro atoms. The molecule has 1 atom stereocenters. The van der Waals surface area contributed by atoms with Crippen LogP contribution in [-0.2, 0) is 6.42 Å². The summed E-state index contributed by atoms with van der Waals surface area (Å²) >= 11 is 6.26. The molecule has 1 aromatic rings. The fourth-order valence-corrected chi connectivity index (χ4v) is 1.82. The van der Waals surface area contributed by atoms with Crippen molar-refractivity contribution in [2.45, 2.75) is 45.9 Å². The number of halogens is 1. The van der Waals surface area contributed by atoms with E-state index >= 15 is 0 Å². The van der Waals surface area contributed by atoms with Gasteiger partial charge in [0, 0.05) is 5.38 Å². The number of aryl methyl sites for hydroxylation is 2. The van der Waals surface area contributed by atoms with Crippen molar-refractivity contribution in [3.63, 3.8) is 0 Å². The molecule has 84 valence electrons. The van der Waals surface area contributed by atoms with Crippen molar-refractivity contribution >= 4 is 11.6 Å². The molecule has 1 rings (SSSR count). The van der Waals surface area contributed by atoms with Crippen LogP contribution in [0.1, 0.15) is 37.0 Å². The van der Waals surface area contributed by atoms with Crippen molar-refractivity contribution < 1.29 is 0 Å². The highest BCUT2D eigenvalue weighted by Gasteiger charge is 2.10. The lowest BCUT2D eigenvalue weighted by Crippen LogP contribution is -2.09. The van der Waals surface area contributed by atoms with Gasteiger partial charge < -0.3 is 0 Å². The quantitative estimate of drug-likeness (QED) is 0.661. The molecule has 0 saturated carbocycles. The molecule has 0 fully saturated rings. The summed E-state index contributed by atoms with van der Waals surface area (Å²) in [6.07, 6.45) is 2.17. The Bertz CT molecular complexity index is 315. The van der Waals surface area contributed by atoms with E-state index in [4.69, 9.17) is 11.6 Å². The minimum atomic E-state index is 0.296. The molecule has 0 bridgehead atoms. The van der Waals surface area contributed by atoms with Crippen LogP contribution in [0.25, 0.3) is 0 Å². The fraction of sp³-hybridized carbons (Fsp3) is 0.571. The second-order valence-corrected chi connectivity index (χ2v) is 5.22. The molecule has 0 aromatic heterocycles. The lowest BCUT2D eigenvalue weighted by molar-refractivity contribution is 0.565. The molecule has 0 aliphatic rings. The number of alkyl halides is 1. The third-order valence-electron chi connectivity index (χ3n) is 3.13. The van der Waals surface area contributed by atoms with Gasteiger partial charge in [-0.1, -0.05) is 32.0 Å². The Balaban J connectivity index is 2.62. The smallest absolute Gasteiger partial charge is 0.0362 e. The summed E-state index contributed by atoms with van der Waals surface area (Å²) in [6.45, 7) is 8.73. The Morgan fingerprint density at radius 3 is 2.47 bits per heavy atom. The zero-order valence-corrected chi connectivity index (χ0v) is 10.9. The molecular weight excluding hydrogens is 204 g/mol. The van der Waals surface area contributed by atoms with Crippen molar-refractivity contribution in [2.75, 3.05) is 0 Å². The Morgan fingerprint density at radius 2 is 1.87 bits per heavy atom. The van der Waals surface area contributed by atoms with E-state index in [1.54, 1.807) is 0 Å². The zero-order chi connectivity index (χ0) is 11.4. The van der Waals surface area contributed by atoms with E-state index in [1.807, 2.05) is 0 Å². The lowest BCUT2D eigenvalue weighted by Gasteiger charge is -2.14. The van der Waals surface area contributed by atoms with Crippen molar-refractivity contribution in [3.8, 4) is 0 Å². The highest BCUT2D eigenvalue weighted by atomic mass is 35.5. The van der Waals surface area contributed by atoms with Crippen LogP contribution in [0.2, 0.25) is 0 Å². The summed E-state index contributed by atoms with van der Waals surface area (Å²) in [5, 5.41) is 0.296. The zero-order valence-electron chi connectivity index (χ0n) is 10.2. The van der Waals surface area contributed by atoms with Gasteiger partial charge in [0.1, 0.15) is 0 Å². The number of hydrogen-bond donors (Lipinski definition) is 0. The van der Waals surface area contributed by atoms with E-state index in [9.17, 15) is 0 Å². The first-order valence-corrected chi connectivity index (χ1v) is 6.15. The molecule has 0 nitrogen and oxygen atoms in total.